The molecule has 0 spiro atoms. The van der Waals surface area contributed by atoms with Gasteiger partial charge in [-0.1, -0.05) is 5.16 Å². The summed E-state index contributed by atoms with van der Waals surface area (Å²) < 4.78 is 10.3. The maximum Gasteiger partial charge on any atom is 0.257 e. The molecule has 5 heteroatoms. The molecule has 1 saturated heterocycles. The van der Waals surface area contributed by atoms with Gasteiger partial charge in [0.15, 0.2) is 0 Å². The van der Waals surface area contributed by atoms with Crippen LogP contribution in [0.3, 0.4) is 0 Å². The molecule has 0 bridgehead atoms. The lowest BCUT2D eigenvalue weighted by molar-refractivity contribution is 0.0729. The Morgan fingerprint density at radius 3 is 2.95 bits per heavy atom. The van der Waals surface area contributed by atoms with E-state index in [1.807, 2.05) is 17.9 Å². The molecule has 1 atom stereocenters. The van der Waals surface area contributed by atoms with Crippen molar-refractivity contribution in [3.05, 3.63) is 41.2 Å². The topological polar surface area (TPSA) is 59.5 Å². The van der Waals surface area contributed by atoms with Crippen LogP contribution in [0.4, 0.5) is 0 Å². The molecule has 2 aromatic rings. The van der Waals surface area contributed by atoms with Gasteiger partial charge in [-0.25, -0.2) is 0 Å². The Balaban J connectivity index is 1.88. The highest BCUT2D eigenvalue weighted by atomic mass is 16.5. The summed E-state index contributed by atoms with van der Waals surface area (Å²) in [5, 5.41) is 4.04. The van der Waals surface area contributed by atoms with Gasteiger partial charge in [0.2, 0.25) is 0 Å². The Bertz CT molecular complexity index is 599. The number of carbonyl (C=O) groups excluding carboxylic acids is 1. The molecule has 100 valence electrons. The predicted octanol–water partition coefficient (Wildman–Crippen LogP) is 2.86. The van der Waals surface area contributed by atoms with E-state index < -0.39 is 0 Å². The van der Waals surface area contributed by atoms with E-state index in [1.54, 1.807) is 19.3 Å². The highest BCUT2D eigenvalue weighted by Crippen LogP contribution is 2.33. The maximum absolute atomic E-state index is 12.5. The molecule has 0 saturated carbocycles. The van der Waals surface area contributed by atoms with Gasteiger partial charge in [0.05, 0.1) is 17.9 Å². The molecule has 1 amide bonds. The Morgan fingerprint density at radius 2 is 2.32 bits per heavy atom. The van der Waals surface area contributed by atoms with Gasteiger partial charge in [-0.05, 0) is 32.8 Å². The van der Waals surface area contributed by atoms with E-state index in [4.69, 9.17) is 8.94 Å². The Labute approximate surface area is 111 Å². The van der Waals surface area contributed by atoms with Gasteiger partial charge in [0.25, 0.3) is 5.91 Å². The number of nitrogens with zero attached hydrogens (tertiary/aromatic N) is 2. The molecule has 3 heterocycles. The molecule has 0 radical (unpaired) electrons. The average molecular weight is 260 g/mol. The zero-order valence-corrected chi connectivity index (χ0v) is 11.0. The van der Waals surface area contributed by atoms with Gasteiger partial charge in [-0.2, -0.15) is 0 Å². The minimum atomic E-state index is 0.00871. The molecule has 0 aliphatic carbocycles. The van der Waals surface area contributed by atoms with E-state index in [0.29, 0.717) is 11.3 Å². The first-order valence-electron chi connectivity index (χ1n) is 6.45. The van der Waals surface area contributed by atoms with Gasteiger partial charge in [0.1, 0.15) is 17.2 Å². The summed E-state index contributed by atoms with van der Waals surface area (Å²) in [6.07, 6.45) is 3.46. The van der Waals surface area contributed by atoms with Crippen LogP contribution in [0.5, 0.6) is 0 Å². The van der Waals surface area contributed by atoms with E-state index in [1.165, 1.54) is 0 Å². The Morgan fingerprint density at radius 1 is 1.47 bits per heavy atom. The molecule has 0 aromatic carbocycles. The zero-order valence-electron chi connectivity index (χ0n) is 11.0. The molecule has 1 aliphatic heterocycles. The number of rotatable bonds is 2. The van der Waals surface area contributed by atoms with Crippen molar-refractivity contribution in [3.63, 3.8) is 0 Å². The molecule has 2 aromatic heterocycles. The largest absolute Gasteiger partial charge is 0.469 e. The lowest BCUT2D eigenvalue weighted by Gasteiger charge is -2.22. The van der Waals surface area contributed by atoms with E-state index in [9.17, 15) is 4.79 Å². The van der Waals surface area contributed by atoms with Crippen molar-refractivity contribution in [2.75, 3.05) is 6.54 Å². The molecule has 3 rings (SSSR count). The first-order valence-corrected chi connectivity index (χ1v) is 6.45. The monoisotopic (exact) mass is 260 g/mol. The molecule has 1 aliphatic rings. The van der Waals surface area contributed by atoms with Crippen molar-refractivity contribution < 1.29 is 13.7 Å². The third-order valence-electron chi connectivity index (χ3n) is 3.59. The van der Waals surface area contributed by atoms with Gasteiger partial charge in [-0.15, -0.1) is 0 Å². The van der Waals surface area contributed by atoms with Crippen molar-refractivity contribution >= 4 is 5.91 Å². The van der Waals surface area contributed by atoms with Crippen LogP contribution in [-0.2, 0) is 0 Å². The van der Waals surface area contributed by atoms with Crippen molar-refractivity contribution in [1.82, 2.24) is 10.1 Å². The van der Waals surface area contributed by atoms with Crippen LogP contribution in [0.15, 0.2) is 27.3 Å². The number of aryl methyl sites for hydroxylation is 2. The zero-order chi connectivity index (χ0) is 13.4. The third-order valence-corrected chi connectivity index (χ3v) is 3.59. The van der Waals surface area contributed by atoms with E-state index in [0.717, 1.165) is 30.8 Å². The van der Waals surface area contributed by atoms with Crippen LogP contribution in [0, 0.1) is 13.8 Å². The van der Waals surface area contributed by atoms with E-state index in [2.05, 4.69) is 5.16 Å². The molecule has 0 unspecified atom stereocenters. The lowest BCUT2D eigenvalue weighted by Crippen LogP contribution is -2.30. The summed E-state index contributed by atoms with van der Waals surface area (Å²) >= 11 is 0. The van der Waals surface area contributed by atoms with Crippen molar-refractivity contribution in [2.45, 2.75) is 32.7 Å². The number of aromatic nitrogens is 1. The molecule has 1 fully saturated rings. The maximum atomic E-state index is 12.5. The Hall–Kier alpha value is -2.04. The first-order chi connectivity index (χ1) is 9.16. The number of likely N-dealkylation sites (tertiary alicyclic amines) is 1. The molecule has 5 nitrogen and oxygen atoms in total. The summed E-state index contributed by atoms with van der Waals surface area (Å²) in [5.41, 5.74) is 1.47. The Kier molecular flexibility index (Phi) is 2.89. The minimum Gasteiger partial charge on any atom is -0.469 e. The second-order valence-electron chi connectivity index (χ2n) is 4.91. The summed E-state index contributed by atoms with van der Waals surface area (Å²) in [5.74, 6) is 1.44. The van der Waals surface area contributed by atoms with Crippen LogP contribution in [0.25, 0.3) is 0 Å². The van der Waals surface area contributed by atoms with Gasteiger partial charge >= 0.3 is 0 Å². The van der Waals surface area contributed by atoms with Crippen LogP contribution < -0.4 is 0 Å². The first kappa shape index (κ1) is 12.0. The van der Waals surface area contributed by atoms with Gasteiger partial charge < -0.3 is 13.8 Å². The smallest absolute Gasteiger partial charge is 0.257 e. The number of carbonyl (C=O) groups is 1. The number of amides is 1. The summed E-state index contributed by atoms with van der Waals surface area (Å²) in [7, 11) is 0. The van der Waals surface area contributed by atoms with E-state index >= 15 is 0 Å². The summed E-state index contributed by atoms with van der Waals surface area (Å²) in [4.78, 5) is 14.4. The standard InChI is InChI=1S/C14H16N2O3/c1-9-8-12(15-19-9)13-4-3-6-16(13)14(17)11-5-7-18-10(11)2/h5,7-8,13H,3-4,6H2,1-2H3/t13-/m1/s1. The fourth-order valence-electron chi connectivity index (χ4n) is 2.62. The number of furan rings is 1. The number of hydrogen-bond acceptors (Lipinski definition) is 4. The number of hydrogen-bond donors (Lipinski definition) is 0. The van der Waals surface area contributed by atoms with Crippen LogP contribution in [0.2, 0.25) is 0 Å². The molecule has 19 heavy (non-hydrogen) atoms. The van der Waals surface area contributed by atoms with Gasteiger partial charge in [-0.3, -0.25) is 4.79 Å². The molecule has 0 N–H and O–H groups in total. The second kappa shape index (κ2) is 4.57. The lowest BCUT2D eigenvalue weighted by atomic mass is 10.1. The third kappa shape index (κ3) is 2.05. The van der Waals surface area contributed by atoms with Crippen molar-refractivity contribution in [1.29, 1.82) is 0 Å². The quantitative estimate of drug-likeness (QED) is 0.833. The van der Waals surface area contributed by atoms with Crippen molar-refractivity contribution in [2.24, 2.45) is 0 Å². The highest BCUT2D eigenvalue weighted by Gasteiger charge is 2.33. The normalized spacial score (nSPS) is 19.1. The highest BCUT2D eigenvalue weighted by molar-refractivity contribution is 5.95. The predicted molar refractivity (Wildman–Crippen MR) is 67.7 cm³/mol. The average Bonchev–Trinajstić information content (AvgIpc) is 3.07. The SMILES string of the molecule is Cc1cc([C@H]2CCCN2C(=O)c2ccoc2C)no1. The summed E-state index contributed by atoms with van der Waals surface area (Å²) in [6.45, 7) is 4.41. The fraction of sp³-hybridized carbons (Fsp3) is 0.429. The van der Waals surface area contributed by atoms with Crippen LogP contribution in [0.1, 0.15) is 46.5 Å². The fourth-order valence-corrected chi connectivity index (χ4v) is 2.62. The van der Waals surface area contributed by atoms with Crippen molar-refractivity contribution in [3.8, 4) is 0 Å². The van der Waals surface area contributed by atoms with Crippen LogP contribution >= 0.6 is 0 Å². The summed E-state index contributed by atoms with van der Waals surface area (Å²) in [6, 6.07) is 3.64. The van der Waals surface area contributed by atoms with Crippen LogP contribution in [-0.4, -0.2) is 22.5 Å². The van der Waals surface area contributed by atoms with Gasteiger partial charge in [0, 0.05) is 12.6 Å². The molecular formula is C14H16N2O3. The second-order valence-corrected chi connectivity index (χ2v) is 4.91. The van der Waals surface area contributed by atoms with E-state index in [-0.39, 0.29) is 11.9 Å². The molecular weight excluding hydrogens is 244 g/mol. The minimum absolute atomic E-state index is 0.00871.